The fourth-order valence-electron chi connectivity index (χ4n) is 2.20. The minimum absolute atomic E-state index is 0.0329. The van der Waals surface area contributed by atoms with E-state index in [1.165, 1.54) is 11.3 Å². The van der Waals surface area contributed by atoms with Gasteiger partial charge < -0.3 is 15.8 Å². The second-order valence-electron chi connectivity index (χ2n) is 5.03. The Kier molecular flexibility index (Phi) is 4.90. The van der Waals surface area contributed by atoms with Gasteiger partial charge in [-0.2, -0.15) is 0 Å². The molecule has 1 heterocycles. The van der Waals surface area contributed by atoms with Crippen molar-refractivity contribution in [2.75, 3.05) is 11.9 Å². The van der Waals surface area contributed by atoms with Crippen LogP contribution >= 0.6 is 11.3 Å². The highest BCUT2D eigenvalue weighted by Gasteiger charge is 2.31. The molecule has 0 radical (unpaired) electrons. The highest BCUT2D eigenvalue weighted by molar-refractivity contribution is 7.13. The van der Waals surface area contributed by atoms with Crippen molar-refractivity contribution in [1.29, 1.82) is 0 Å². The SMILES string of the molecule is CCOC1CC(CC(=O)Nc2nc(C(C)N)cs2)C1. The highest BCUT2D eigenvalue weighted by atomic mass is 32.1. The lowest BCUT2D eigenvalue weighted by molar-refractivity contribution is -0.119. The zero-order valence-corrected chi connectivity index (χ0v) is 12.2. The maximum absolute atomic E-state index is 11.8. The molecule has 1 aliphatic carbocycles. The number of aromatic nitrogens is 1. The summed E-state index contributed by atoms with van der Waals surface area (Å²) < 4.78 is 5.48. The number of carbonyl (C=O) groups is 1. The van der Waals surface area contributed by atoms with Crippen molar-refractivity contribution in [3.8, 4) is 0 Å². The Hall–Kier alpha value is -0.980. The van der Waals surface area contributed by atoms with Crippen molar-refractivity contribution in [3.63, 3.8) is 0 Å². The van der Waals surface area contributed by atoms with Gasteiger partial charge in [0.15, 0.2) is 5.13 Å². The lowest BCUT2D eigenvalue weighted by Gasteiger charge is -2.34. The summed E-state index contributed by atoms with van der Waals surface area (Å²) in [5, 5.41) is 5.36. The standard InChI is InChI=1S/C13H21N3O2S/c1-3-18-10-4-9(5-10)6-12(17)16-13-15-11(7-19-13)8(2)14/h7-10H,3-6,14H2,1-2H3,(H,15,16,17). The zero-order chi connectivity index (χ0) is 13.8. The zero-order valence-electron chi connectivity index (χ0n) is 11.4. The molecule has 1 amide bonds. The van der Waals surface area contributed by atoms with Gasteiger partial charge in [-0.3, -0.25) is 4.79 Å². The van der Waals surface area contributed by atoms with E-state index in [9.17, 15) is 4.79 Å². The van der Waals surface area contributed by atoms with Crippen LogP contribution in [0.15, 0.2) is 5.38 Å². The number of amides is 1. The van der Waals surface area contributed by atoms with Gasteiger partial charge in [-0.05, 0) is 32.6 Å². The Labute approximate surface area is 117 Å². The Morgan fingerprint density at radius 3 is 3.00 bits per heavy atom. The smallest absolute Gasteiger partial charge is 0.226 e. The van der Waals surface area contributed by atoms with Crippen LogP contribution in [0.3, 0.4) is 0 Å². The molecule has 0 bridgehead atoms. The van der Waals surface area contributed by atoms with E-state index >= 15 is 0 Å². The van der Waals surface area contributed by atoms with Crippen LogP contribution < -0.4 is 11.1 Å². The fraction of sp³-hybridized carbons (Fsp3) is 0.692. The number of nitrogens with one attached hydrogen (secondary N) is 1. The van der Waals surface area contributed by atoms with Crippen molar-refractivity contribution in [3.05, 3.63) is 11.1 Å². The Morgan fingerprint density at radius 2 is 2.42 bits per heavy atom. The minimum atomic E-state index is -0.0968. The van der Waals surface area contributed by atoms with Gasteiger partial charge >= 0.3 is 0 Å². The first-order valence-electron chi connectivity index (χ1n) is 6.71. The number of nitrogens with two attached hydrogens (primary N) is 1. The van der Waals surface area contributed by atoms with Gasteiger partial charge in [0.1, 0.15) is 0 Å². The van der Waals surface area contributed by atoms with Crippen LogP contribution in [0.25, 0.3) is 0 Å². The summed E-state index contributed by atoms with van der Waals surface area (Å²) in [5.41, 5.74) is 6.55. The molecule has 0 saturated heterocycles. The quantitative estimate of drug-likeness (QED) is 0.840. The third kappa shape index (κ3) is 3.99. The van der Waals surface area contributed by atoms with E-state index in [4.69, 9.17) is 10.5 Å². The summed E-state index contributed by atoms with van der Waals surface area (Å²) >= 11 is 1.42. The number of carbonyl (C=O) groups excluding carboxylic acids is 1. The number of rotatable bonds is 6. The monoisotopic (exact) mass is 283 g/mol. The minimum Gasteiger partial charge on any atom is -0.378 e. The number of nitrogens with zero attached hydrogens (tertiary/aromatic N) is 1. The summed E-state index contributed by atoms with van der Waals surface area (Å²) in [6.07, 6.45) is 2.89. The third-order valence-corrected chi connectivity index (χ3v) is 4.08. The molecule has 0 aromatic carbocycles. The normalized spacial score (nSPS) is 23.7. The number of anilines is 1. The van der Waals surface area contributed by atoms with Crippen molar-refractivity contribution < 1.29 is 9.53 Å². The molecule has 2 rings (SSSR count). The first-order valence-corrected chi connectivity index (χ1v) is 7.59. The summed E-state index contributed by atoms with van der Waals surface area (Å²) in [6.45, 7) is 4.63. The van der Waals surface area contributed by atoms with Crippen LogP contribution in [0, 0.1) is 5.92 Å². The molecule has 1 aromatic heterocycles. The Morgan fingerprint density at radius 1 is 1.68 bits per heavy atom. The largest absolute Gasteiger partial charge is 0.378 e. The van der Waals surface area contributed by atoms with Crippen molar-refractivity contribution in [1.82, 2.24) is 4.98 Å². The summed E-state index contributed by atoms with van der Waals surface area (Å²) in [7, 11) is 0. The van der Waals surface area contributed by atoms with E-state index in [0.717, 1.165) is 25.1 Å². The van der Waals surface area contributed by atoms with Crippen LogP contribution in [-0.4, -0.2) is 23.6 Å². The van der Waals surface area contributed by atoms with Gasteiger partial charge in [0, 0.05) is 24.4 Å². The van der Waals surface area contributed by atoms with Gasteiger partial charge in [-0.1, -0.05) is 0 Å². The summed E-state index contributed by atoms with van der Waals surface area (Å²) in [5.74, 6) is 0.481. The van der Waals surface area contributed by atoms with Gasteiger partial charge in [0.25, 0.3) is 0 Å². The molecule has 1 aliphatic rings. The van der Waals surface area contributed by atoms with Crippen molar-refractivity contribution >= 4 is 22.4 Å². The van der Waals surface area contributed by atoms with Gasteiger partial charge in [0.2, 0.25) is 5.91 Å². The maximum atomic E-state index is 11.8. The van der Waals surface area contributed by atoms with Crippen LogP contribution in [-0.2, 0) is 9.53 Å². The second kappa shape index (κ2) is 6.45. The van der Waals surface area contributed by atoms with E-state index in [0.29, 0.717) is 23.6 Å². The van der Waals surface area contributed by atoms with Crippen LogP contribution in [0.1, 0.15) is 44.8 Å². The van der Waals surface area contributed by atoms with E-state index in [-0.39, 0.29) is 11.9 Å². The third-order valence-electron chi connectivity index (χ3n) is 3.30. The van der Waals surface area contributed by atoms with Gasteiger partial charge in [-0.15, -0.1) is 11.3 Å². The number of hydrogen-bond donors (Lipinski definition) is 2. The van der Waals surface area contributed by atoms with E-state index in [1.54, 1.807) is 0 Å². The Bertz CT molecular complexity index is 427. The lowest BCUT2D eigenvalue weighted by Crippen LogP contribution is -2.33. The maximum Gasteiger partial charge on any atom is 0.226 e. The molecule has 5 nitrogen and oxygen atoms in total. The van der Waals surface area contributed by atoms with Crippen LogP contribution in [0.4, 0.5) is 5.13 Å². The van der Waals surface area contributed by atoms with E-state index in [1.807, 2.05) is 19.2 Å². The molecule has 1 unspecified atom stereocenters. The lowest BCUT2D eigenvalue weighted by atomic mass is 9.80. The van der Waals surface area contributed by atoms with Gasteiger partial charge in [0.05, 0.1) is 11.8 Å². The predicted octanol–water partition coefficient (Wildman–Crippen LogP) is 2.31. The van der Waals surface area contributed by atoms with Crippen LogP contribution in [0.5, 0.6) is 0 Å². The van der Waals surface area contributed by atoms with Gasteiger partial charge in [-0.25, -0.2) is 4.98 Å². The highest BCUT2D eigenvalue weighted by Crippen LogP contribution is 2.33. The van der Waals surface area contributed by atoms with E-state index in [2.05, 4.69) is 10.3 Å². The molecule has 19 heavy (non-hydrogen) atoms. The van der Waals surface area contributed by atoms with E-state index < -0.39 is 0 Å². The van der Waals surface area contributed by atoms with Crippen LogP contribution in [0.2, 0.25) is 0 Å². The molecule has 1 aromatic rings. The van der Waals surface area contributed by atoms with Crippen molar-refractivity contribution in [2.24, 2.45) is 11.7 Å². The molecule has 0 aliphatic heterocycles. The first-order chi connectivity index (χ1) is 9.08. The number of ether oxygens (including phenoxy) is 1. The number of thiazole rings is 1. The van der Waals surface area contributed by atoms with Crippen molar-refractivity contribution in [2.45, 2.75) is 45.3 Å². The average Bonchev–Trinajstić information content (AvgIpc) is 2.75. The molecule has 3 N–H and O–H groups in total. The average molecular weight is 283 g/mol. The molecule has 106 valence electrons. The summed E-state index contributed by atoms with van der Waals surface area (Å²) in [6, 6.07) is -0.0968. The second-order valence-corrected chi connectivity index (χ2v) is 5.89. The molecule has 6 heteroatoms. The molecule has 1 atom stereocenters. The summed E-state index contributed by atoms with van der Waals surface area (Å²) in [4.78, 5) is 16.1. The Balaban J connectivity index is 1.72. The molecule has 1 fully saturated rings. The molecule has 1 saturated carbocycles. The number of hydrogen-bond acceptors (Lipinski definition) is 5. The molecule has 0 spiro atoms. The topological polar surface area (TPSA) is 77.2 Å². The fourth-order valence-corrected chi connectivity index (χ4v) is 3.03. The predicted molar refractivity (Wildman–Crippen MR) is 76.1 cm³/mol. The molecular weight excluding hydrogens is 262 g/mol. The first kappa shape index (κ1) is 14.4. The molecular formula is C13H21N3O2S.